The van der Waals surface area contributed by atoms with Crippen molar-refractivity contribution in [3.05, 3.63) is 41.2 Å². The highest BCUT2D eigenvalue weighted by atomic mass is 35.5. The van der Waals surface area contributed by atoms with Gasteiger partial charge in [-0.1, -0.05) is 17.7 Å². The molecule has 1 aliphatic rings. The molecule has 1 aromatic carbocycles. The summed E-state index contributed by atoms with van der Waals surface area (Å²) in [5.41, 5.74) is 1.48. The summed E-state index contributed by atoms with van der Waals surface area (Å²) >= 11 is 6.16. The summed E-state index contributed by atoms with van der Waals surface area (Å²) in [7, 11) is 1.83. The number of aromatic nitrogens is 2. The molecule has 0 N–H and O–H groups in total. The van der Waals surface area contributed by atoms with Crippen molar-refractivity contribution >= 4 is 23.2 Å². The predicted octanol–water partition coefficient (Wildman–Crippen LogP) is 2.43. The van der Waals surface area contributed by atoms with Crippen molar-refractivity contribution in [3.63, 3.8) is 0 Å². The highest BCUT2D eigenvalue weighted by Gasteiger charge is 2.29. The lowest BCUT2D eigenvalue weighted by Gasteiger charge is -2.33. The fourth-order valence-electron chi connectivity index (χ4n) is 2.46. The molecule has 110 valence electrons. The van der Waals surface area contributed by atoms with E-state index in [0.29, 0.717) is 17.3 Å². The molecular formula is C15H16ClN3O2. The predicted molar refractivity (Wildman–Crippen MR) is 80.8 cm³/mol. The van der Waals surface area contributed by atoms with E-state index in [4.69, 9.17) is 16.3 Å². The first-order chi connectivity index (χ1) is 10.0. The average Bonchev–Trinajstić information content (AvgIpc) is 2.84. The van der Waals surface area contributed by atoms with E-state index >= 15 is 0 Å². The zero-order chi connectivity index (χ0) is 15.0. The molecular weight excluding hydrogens is 290 g/mol. The summed E-state index contributed by atoms with van der Waals surface area (Å²) in [6.45, 7) is 2.44. The third-order valence-electron chi connectivity index (χ3n) is 3.40. The minimum atomic E-state index is -0.0925. The molecule has 5 nitrogen and oxygen atoms in total. The minimum absolute atomic E-state index is 0.00707. The lowest BCUT2D eigenvalue weighted by molar-refractivity contribution is -0.118. The third kappa shape index (κ3) is 2.74. The molecule has 0 saturated carbocycles. The number of para-hydroxylation sites is 1. The molecule has 1 atom stereocenters. The lowest BCUT2D eigenvalue weighted by Crippen LogP contribution is -2.43. The molecule has 1 aliphatic heterocycles. The van der Waals surface area contributed by atoms with Crippen LogP contribution in [0, 0.1) is 0 Å². The normalized spacial score (nSPS) is 17.3. The molecule has 2 heterocycles. The van der Waals surface area contributed by atoms with Gasteiger partial charge in [-0.25, -0.2) is 0 Å². The third-order valence-corrected chi connectivity index (χ3v) is 3.70. The Morgan fingerprint density at radius 3 is 3.00 bits per heavy atom. The topological polar surface area (TPSA) is 47.4 Å². The van der Waals surface area contributed by atoms with Crippen molar-refractivity contribution < 1.29 is 9.53 Å². The molecule has 2 aromatic rings. The van der Waals surface area contributed by atoms with Gasteiger partial charge >= 0.3 is 0 Å². The number of nitrogens with zero attached hydrogens (tertiary/aromatic N) is 3. The number of halogens is 1. The first kappa shape index (κ1) is 13.9. The van der Waals surface area contributed by atoms with E-state index in [-0.39, 0.29) is 18.4 Å². The van der Waals surface area contributed by atoms with Crippen LogP contribution in [0.3, 0.4) is 0 Å². The van der Waals surface area contributed by atoms with E-state index in [9.17, 15) is 4.79 Å². The van der Waals surface area contributed by atoms with Crippen molar-refractivity contribution in [2.45, 2.75) is 19.4 Å². The summed E-state index contributed by atoms with van der Waals surface area (Å²) < 4.78 is 7.44. The van der Waals surface area contributed by atoms with Gasteiger partial charge in [0.05, 0.1) is 29.4 Å². The van der Waals surface area contributed by atoms with Gasteiger partial charge in [0.2, 0.25) is 5.91 Å². The summed E-state index contributed by atoms with van der Waals surface area (Å²) in [4.78, 5) is 14.3. The molecule has 6 heteroatoms. The van der Waals surface area contributed by atoms with E-state index < -0.39 is 0 Å². The molecule has 0 fully saturated rings. The fraction of sp³-hybridized carbons (Fsp3) is 0.333. The van der Waals surface area contributed by atoms with Crippen LogP contribution in [0.15, 0.2) is 30.5 Å². The number of amides is 1. The van der Waals surface area contributed by atoms with Gasteiger partial charge in [-0.05, 0) is 25.1 Å². The number of hydrogen-bond donors (Lipinski definition) is 0. The molecule has 1 amide bonds. The van der Waals surface area contributed by atoms with Gasteiger partial charge in [-0.3, -0.25) is 9.48 Å². The van der Waals surface area contributed by atoms with Crippen molar-refractivity contribution in [2.24, 2.45) is 7.05 Å². The van der Waals surface area contributed by atoms with E-state index in [2.05, 4.69) is 5.10 Å². The highest BCUT2D eigenvalue weighted by molar-refractivity contribution is 6.32. The maximum absolute atomic E-state index is 12.6. The molecule has 21 heavy (non-hydrogen) atoms. The van der Waals surface area contributed by atoms with Crippen LogP contribution < -0.4 is 9.64 Å². The van der Waals surface area contributed by atoms with Crippen LogP contribution in [0.25, 0.3) is 0 Å². The molecule has 3 rings (SSSR count). The second kappa shape index (κ2) is 5.41. The Hall–Kier alpha value is -2.01. The molecule has 0 bridgehead atoms. The summed E-state index contributed by atoms with van der Waals surface area (Å²) in [5.74, 6) is 0.569. The molecule has 1 aromatic heterocycles. The molecule has 0 radical (unpaired) electrons. The Labute approximate surface area is 128 Å². The Bertz CT molecular complexity index is 683. The summed E-state index contributed by atoms with van der Waals surface area (Å²) in [6.07, 6.45) is 2.00. The maximum Gasteiger partial charge on any atom is 0.233 e. The number of hydrogen-bond acceptors (Lipinski definition) is 3. The van der Waals surface area contributed by atoms with Gasteiger partial charge in [0, 0.05) is 13.2 Å². The van der Waals surface area contributed by atoms with Gasteiger partial charge in [0.1, 0.15) is 6.10 Å². The van der Waals surface area contributed by atoms with E-state index in [0.717, 1.165) is 11.4 Å². The van der Waals surface area contributed by atoms with Gasteiger partial charge in [0.25, 0.3) is 0 Å². The standard InChI is InChI=1S/C15H16ClN3O2/c1-10-9-19(13-5-3-4-12(16)15(13)21-10)14(20)8-11-6-7-18(2)17-11/h3-7,10H,8-9H2,1-2H3/t10-/m0/s1. The second-order valence-electron chi connectivity index (χ2n) is 5.18. The quantitative estimate of drug-likeness (QED) is 0.856. The Kier molecular flexibility index (Phi) is 3.59. The molecule has 0 spiro atoms. The number of aryl methyl sites for hydroxylation is 1. The largest absolute Gasteiger partial charge is 0.485 e. The van der Waals surface area contributed by atoms with Crippen LogP contribution in [0.5, 0.6) is 5.75 Å². The number of benzene rings is 1. The summed E-state index contributed by atoms with van der Waals surface area (Å²) in [6, 6.07) is 7.28. The number of carbonyl (C=O) groups excluding carboxylic acids is 1. The van der Waals surface area contributed by atoms with Gasteiger partial charge < -0.3 is 9.64 Å². The van der Waals surface area contributed by atoms with Gasteiger partial charge in [-0.2, -0.15) is 5.10 Å². The summed E-state index contributed by atoms with van der Waals surface area (Å²) in [5, 5.41) is 4.77. The van der Waals surface area contributed by atoms with Crippen LogP contribution in [-0.2, 0) is 18.3 Å². The molecule has 0 saturated heterocycles. The Balaban J connectivity index is 1.88. The Morgan fingerprint density at radius 2 is 2.29 bits per heavy atom. The zero-order valence-electron chi connectivity index (χ0n) is 11.9. The van der Waals surface area contributed by atoms with Gasteiger partial charge in [-0.15, -0.1) is 0 Å². The smallest absolute Gasteiger partial charge is 0.233 e. The SMILES string of the molecule is C[C@H]1CN(C(=O)Cc2ccn(C)n2)c2cccc(Cl)c2O1. The lowest BCUT2D eigenvalue weighted by atomic mass is 10.1. The monoisotopic (exact) mass is 305 g/mol. The van der Waals surface area contributed by atoms with Crippen LogP contribution in [0.4, 0.5) is 5.69 Å². The van der Waals surface area contributed by atoms with Crippen LogP contribution >= 0.6 is 11.6 Å². The van der Waals surface area contributed by atoms with E-state index in [1.54, 1.807) is 15.6 Å². The minimum Gasteiger partial charge on any atom is -0.485 e. The fourth-order valence-corrected chi connectivity index (χ4v) is 2.68. The average molecular weight is 306 g/mol. The van der Waals surface area contributed by atoms with Crippen LogP contribution in [0.2, 0.25) is 5.02 Å². The first-order valence-corrected chi connectivity index (χ1v) is 7.16. The number of carbonyl (C=O) groups is 1. The van der Waals surface area contributed by atoms with Crippen molar-refractivity contribution in [2.75, 3.05) is 11.4 Å². The van der Waals surface area contributed by atoms with Crippen LogP contribution in [-0.4, -0.2) is 28.3 Å². The van der Waals surface area contributed by atoms with E-state index in [1.807, 2.05) is 38.4 Å². The maximum atomic E-state index is 12.6. The number of anilines is 1. The molecule has 0 unspecified atom stereocenters. The van der Waals surface area contributed by atoms with Crippen molar-refractivity contribution in [3.8, 4) is 5.75 Å². The zero-order valence-corrected chi connectivity index (χ0v) is 12.7. The van der Waals surface area contributed by atoms with Crippen molar-refractivity contribution in [1.29, 1.82) is 0 Å². The number of rotatable bonds is 2. The van der Waals surface area contributed by atoms with Crippen LogP contribution in [0.1, 0.15) is 12.6 Å². The van der Waals surface area contributed by atoms with Gasteiger partial charge in [0.15, 0.2) is 5.75 Å². The highest BCUT2D eigenvalue weighted by Crippen LogP contribution is 2.39. The Morgan fingerprint density at radius 1 is 1.48 bits per heavy atom. The second-order valence-corrected chi connectivity index (χ2v) is 5.59. The van der Waals surface area contributed by atoms with Crippen molar-refractivity contribution in [1.82, 2.24) is 9.78 Å². The first-order valence-electron chi connectivity index (χ1n) is 6.78. The number of fused-ring (bicyclic) bond motifs is 1. The molecule has 0 aliphatic carbocycles. The number of ether oxygens (including phenoxy) is 1. The van der Waals surface area contributed by atoms with E-state index in [1.165, 1.54) is 0 Å².